The Kier molecular flexibility index (Phi) is 3.23. The minimum atomic E-state index is 0.525. The first-order valence-electron chi connectivity index (χ1n) is 3.26. The van der Waals surface area contributed by atoms with Crippen LogP contribution in [0.2, 0.25) is 5.02 Å². The van der Waals surface area contributed by atoms with Gasteiger partial charge in [-0.25, -0.2) is 0 Å². The average molecular weight is 252 g/mol. The lowest BCUT2D eigenvalue weighted by Gasteiger charge is -2.07. The van der Waals surface area contributed by atoms with E-state index >= 15 is 0 Å². The molecule has 0 aromatic heterocycles. The van der Waals surface area contributed by atoms with Gasteiger partial charge in [0.1, 0.15) is 16.5 Å². The summed E-state index contributed by atoms with van der Waals surface area (Å²) in [6, 6.07) is 3.54. The highest BCUT2D eigenvalue weighted by Crippen LogP contribution is 2.38. The van der Waals surface area contributed by atoms with E-state index < -0.39 is 0 Å². The summed E-state index contributed by atoms with van der Waals surface area (Å²) < 4.78 is 10.8. The first-order chi connectivity index (χ1) is 5.70. The molecule has 1 aromatic carbocycles. The van der Waals surface area contributed by atoms with Crippen molar-refractivity contribution < 1.29 is 9.47 Å². The van der Waals surface area contributed by atoms with Gasteiger partial charge < -0.3 is 9.47 Å². The van der Waals surface area contributed by atoms with Gasteiger partial charge in [-0.3, -0.25) is 0 Å². The maximum Gasteiger partial charge on any atom is 0.138 e. The molecule has 12 heavy (non-hydrogen) atoms. The third kappa shape index (κ3) is 1.67. The molecule has 0 amide bonds. The van der Waals surface area contributed by atoms with Crippen LogP contribution in [0.25, 0.3) is 0 Å². The first-order valence-corrected chi connectivity index (χ1v) is 4.43. The SMILES string of the molecule is COc1ccc(OC)c(Br)c1Cl. The molecule has 1 rings (SSSR count). The van der Waals surface area contributed by atoms with Crippen molar-refractivity contribution in [2.75, 3.05) is 14.2 Å². The molecule has 0 bridgehead atoms. The maximum absolute atomic E-state index is 5.93. The molecular weight excluding hydrogens is 243 g/mol. The number of ether oxygens (including phenoxy) is 2. The predicted molar refractivity (Wildman–Crippen MR) is 52.3 cm³/mol. The zero-order valence-electron chi connectivity index (χ0n) is 6.73. The molecule has 4 heteroatoms. The smallest absolute Gasteiger partial charge is 0.138 e. The van der Waals surface area contributed by atoms with Crippen molar-refractivity contribution in [2.24, 2.45) is 0 Å². The third-order valence-electron chi connectivity index (χ3n) is 1.45. The van der Waals surface area contributed by atoms with Crippen LogP contribution in [0.3, 0.4) is 0 Å². The molecule has 0 heterocycles. The molecule has 0 saturated heterocycles. The highest BCUT2D eigenvalue weighted by Gasteiger charge is 2.09. The van der Waals surface area contributed by atoms with Gasteiger partial charge in [0, 0.05) is 0 Å². The van der Waals surface area contributed by atoms with Crippen molar-refractivity contribution in [1.82, 2.24) is 0 Å². The second-order valence-electron chi connectivity index (χ2n) is 2.10. The summed E-state index contributed by atoms with van der Waals surface area (Å²) in [6.07, 6.45) is 0. The maximum atomic E-state index is 5.93. The van der Waals surface area contributed by atoms with Gasteiger partial charge in [0.25, 0.3) is 0 Å². The molecular formula is C8H8BrClO2. The van der Waals surface area contributed by atoms with Crippen LogP contribution in [0.4, 0.5) is 0 Å². The molecule has 0 fully saturated rings. The minimum Gasteiger partial charge on any atom is -0.496 e. The molecule has 0 N–H and O–H groups in total. The van der Waals surface area contributed by atoms with Crippen molar-refractivity contribution in [3.05, 3.63) is 21.6 Å². The zero-order valence-corrected chi connectivity index (χ0v) is 9.07. The summed E-state index contributed by atoms with van der Waals surface area (Å²) in [7, 11) is 3.16. The number of benzene rings is 1. The fraction of sp³-hybridized carbons (Fsp3) is 0.250. The van der Waals surface area contributed by atoms with Crippen LogP contribution in [0.1, 0.15) is 0 Å². The Morgan fingerprint density at radius 1 is 1.17 bits per heavy atom. The van der Waals surface area contributed by atoms with Gasteiger partial charge in [0.15, 0.2) is 0 Å². The monoisotopic (exact) mass is 250 g/mol. The van der Waals surface area contributed by atoms with E-state index in [1.807, 2.05) is 0 Å². The summed E-state index contributed by atoms with van der Waals surface area (Å²) in [5, 5.41) is 0.525. The second-order valence-corrected chi connectivity index (χ2v) is 3.27. The number of rotatable bonds is 2. The molecule has 0 aliphatic carbocycles. The molecule has 0 radical (unpaired) electrons. The predicted octanol–water partition coefficient (Wildman–Crippen LogP) is 3.12. The quantitative estimate of drug-likeness (QED) is 0.804. The number of hydrogen-bond donors (Lipinski definition) is 0. The van der Waals surface area contributed by atoms with E-state index in [9.17, 15) is 0 Å². The molecule has 0 aliphatic heterocycles. The Hall–Kier alpha value is -0.410. The summed E-state index contributed by atoms with van der Waals surface area (Å²) in [5.41, 5.74) is 0. The Labute approximate surface area is 84.6 Å². The van der Waals surface area contributed by atoms with Crippen molar-refractivity contribution >= 4 is 27.5 Å². The van der Waals surface area contributed by atoms with Gasteiger partial charge >= 0.3 is 0 Å². The Balaban J connectivity index is 3.20. The van der Waals surface area contributed by atoms with E-state index in [1.165, 1.54) is 0 Å². The van der Waals surface area contributed by atoms with Crippen molar-refractivity contribution in [2.45, 2.75) is 0 Å². The van der Waals surface area contributed by atoms with Crippen LogP contribution in [-0.4, -0.2) is 14.2 Å². The fourth-order valence-corrected chi connectivity index (χ4v) is 1.55. The highest BCUT2D eigenvalue weighted by molar-refractivity contribution is 9.10. The summed E-state index contributed by atoms with van der Waals surface area (Å²) >= 11 is 9.22. The topological polar surface area (TPSA) is 18.5 Å². The van der Waals surface area contributed by atoms with E-state index in [4.69, 9.17) is 21.1 Å². The number of hydrogen-bond acceptors (Lipinski definition) is 2. The van der Waals surface area contributed by atoms with Crippen molar-refractivity contribution in [3.8, 4) is 11.5 Å². The van der Waals surface area contributed by atoms with E-state index in [0.717, 1.165) is 0 Å². The Morgan fingerprint density at radius 2 is 1.67 bits per heavy atom. The van der Waals surface area contributed by atoms with E-state index in [2.05, 4.69) is 15.9 Å². The van der Waals surface area contributed by atoms with Crippen molar-refractivity contribution in [3.63, 3.8) is 0 Å². The molecule has 66 valence electrons. The lowest BCUT2D eigenvalue weighted by molar-refractivity contribution is 0.401. The molecule has 0 saturated carbocycles. The van der Waals surface area contributed by atoms with Gasteiger partial charge in [-0.05, 0) is 28.1 Å². The molecule has 0 unspecified atom stereocenters. The standard InChI is InChI=1S/C8H8BrClO2/c1-11-5-3-4-6(12-2)8(10)7(5)9/h3-4H,1-2H3. The first kappa shape index (κ1) is 9.68. The molecule has 0 atom stereocenters. The summed E-state index contributed by atoms with van der Waals surface area (Å²) in [4.78, 5) is 0. The lowest BCUT2D eigenvalue weighted by Crippen LogP contribution is -1.88. The minimum absolute atomic E-state index is 0.525. The molecule has 1 aromatic rings. The largest absolute Gasteiger partial charge is 0.496 e. The van der Waals surface area contributed by atoms with Gasteiger partial charge in [-0.15, -0.1) is 0 Å². The van der Waals surface area contributed by atoms with Crippen LogP contribution >= 0.6 is 27.5 Å². The molecule has 0 aliphatic rings. The third-order valence-corrected chi connectivity index (χ3v) is 2.84. The van der Waals surface area contributed by atoms with Crippen LogP contribution in [0.5, 0.6) is 11.5 Å². The Morgan fingerprint density at radius 3 is 2.17 bits per heavy atom. The van der Waals surface area contributed by atoms with E-state index in [-0.39, 0.29) is 0 Å². The zero-order chi connectivity index (χ0) is 9.14. The van der Waals surface area contributed by atoms with Crippen LogP contribution in [0.15, 0.2) is 16.6 Å². The van der Waals surface area contributed by atoms with E-state index in [1.54, 1.807) is 26.4 Å². The molecule has 0 spiro atoms. The lowest BCUT2D eigenvalue weighted by atomic mass is 10.3. The van der Waals surface area contributed by atoms with Gasteiger partial charge in [0.2, 0.25) is 0 Å². The normalized spacial score (nSPS) is 9.67. The van der Waals surface area contributed by atoms with Crippen molar-refractivity contribution in [1.29, 1.82) is 0 Å². The van der Waals surface area contributed by atoms with Crippen LogP contribution in [-0.2, 0) is 0 Å². The number of halogens is 2. The highest BCUT2D eigenvalue weighted by atomic mass is 79.9. The fourth-order valence-electron chi connectivity index (χ4n) is 0.829. The van der Waals surface area contributed by atoms with Crippen LogP contribution in [0, 0.1) is 0 Å². The number of methoxy groups -OCH3 is 2. The Bertz CT molecular complexity index is 260. The average Bonchev–Trinajstić information content (AvgIpc) is 2.10. The van der Waals surface area contributed by atoms with Crippen LogP contribution < -0.4 is 9.47 Å². The second kappa shape index (κ2) is 4.01. The van der Waals surface area contributed by atoms with E-state index in [0.29, 0.717) is 21.0 Å². The van der Waals surface area contributed by atoms with Gasteiger partial charge in [-0.1, -0.05) is 11.6 Å². The summed E-state index contributed by atoms with van der Waals surface area (Å²) in [5.74, 6) is 1.32. The van der Waals surface area contributed by atoms with Gasteiger partial charge in [-0.2, -0.15) is 0 Å². The summed E-state index contributed by atoms with van der Waals surface area (Å²) in [6.45, 7) is 0. The molecule has 2 nitrogen and oxygen atoms in total. The van der Waals surface area contributed by atoms with Gasteiger partial charge in [0.05, 0.1) is 18.7 Å².